The molecule has 0 radical (unpaired) electrons. The number of nitrogens with zero attached hydrogens (tertiary/aromatic N) is 1. The molecule has 0 aromatic heterocycles. The minimum atomic E-state index is -0.864. The molecule has 7 nitrogen and oxygen atoms in total. The SMILES string of the molecule is CCC(CC)NC(=O)COC(=O)CN1C(=O)c2cc(Cl)c(Cl)cc2C1=O. The Morgan fingerprint density at radius 3 is 2.04 bits per heavy atom. The van der Waals surface area contributed by atoms with Gasteiger partial charge in [0.25, 0.3) is 17.7 Å². The standard InChI is InChI=1S/C17H18Cl2N2O5/c1-3-9(4-2)20-14(22)8-26-15(23)7-21-16(24)10-5-12(18)13(19)6-11(10)17(21)25/h5-6,9H,3-4,7-8H2,1-2H3,(H,20,22). The fourth-order valence-corrected chi connectivity index (χ4v) is 2.84. The molecular formula is C17H18Cl2N2O5. The summed E-state index contributed by atoms with van der Waals surface area (Å²) in [7, 11) is 0. The monoisotopic (exact) mass is 400 g/mol. The van der Waals surface area contributed by atoms with Gasteiger partial charge in [0, 0.05) is 6.04 Å². The number of rotatable bonds is 7. The van der Waals surface area contributed by atoms with E-state index in [-0.39, 0.29) is 27.2 Å². The van der Waals surface area contributed by atoms with Crippen LogP contribution in [0.1, 0.15) is 47.4 Å². The van der Waals surface area contributed by atoms with Crippen molar-refractivity contribution in [2.24, 2.45) is 0 Å². The van der Waals surface area contributed by atoms with E-state index in [9.17, 15) is 19.2 Å². The molecule has 0 fully saturated rings. The molecule has 2 rings (SSSR count). The van der Waals surface area contributed by atoms with Gasteiger partial charge < -0.3 is 10.1 Å². The van der Waals surface area contributed by atoms with Crippen LogP contribution in [0.4, 0.5) is 0 Å². The number of ether oxygens (including phenoxy) is 1. The predicted octanol–water partition coefficient (Wildman–Crippen LogP) is 2.44. The highest BCUT2D eigenvalue weighted by Gasteiger charge is 2.37. The number of imide groups is 1. The number of fused-ring (bicyclic) bond motifs is 1. The van der Waals surface area contributed by atoms with E-state index >= 15 is 0 Å². The Balaban J connectivity index is 1.95. The molecule has 1 heterocycles. The molecule has 1 aliphatic rings. The first-order valence-electron chi connectivity index (χ1n) is 8.08. The molecule has 1 aromatic rings. The summed E-state index contributed by atoms with van der Waals surface area (Å²) in [6.45, 7) is 2.79. The van der Waals surface area contributed by atoms with E-state index in [0.29, 0.717) is 0 Å². The van der Waals surface area contributed by atoms with Gasteiger partial charge in [-0.25, -0.2) is 0 Å². The lowest BCUT2D eigenvalue weighted by Crippen LogP contribution is -2.39. The Morgan fingerprint density at radius 2 is 1.58 bits per heavy atom. The molecule has 140 valence electrons. The van der Waals surface area contributed by atoms with Gasteiger partial charge in [0.15, 0.2) is 6.61 Å². The molecular weight excluding hydrogens is 383 g/mol. The van der Waals surface area contributed by atoms with Crippen LogP contribution in [-0.4, -0.2) is 47.8 Å². The normalized spacial score (nSPS) is 13.2. The fraction of sp³-hybridized carbons (Fsp3) is 0.412. The molecule has 26 heavy (non-hydrogen) atoms. The van der Waals surface area contributed by atoms with Crippen LogP contribution in [0.15, 0.2) is 12.1 Å². The van der Waals surface area contributed by atoms with E-state index in [1.54, 1.807) is 0 Å². The molecule has 0 spiro atoms. The number of nitrogens with one attached hydrogen (secondary N) is 1. The molecule has 0 saturated heterocycles. The first kappa shape index (κ1) is 20.2. The van der Waals surface area contributed by atoms with Crippen molar-refractivity contribution in [3.63, 3.8) is 0 Å². The lowest BCUT2D eigenvalue weighted by molar-refractivity contribution is -0.148. The third-order valence-corrected chi connectivity index (χ3v) is 4.74. The summed E-state index contributed by atoms with van der Waals surface area (Å²) in [6, 6.07) is 2.58. The smallest absolute Gasteiger partial charge is 0.326 e. The van der Waals surface area contributed by atoms with Gasteiger partial charge in [0.05, 0.1) is 21.2 Å². The maximum Gasteiger partial charge on any atom is 0.326 e. The number of amides is 3. The highest BCUT2D eigenvalue weighted by Crippen LogP contribution is 2.31. The largest absolute Gasteiger partial charge is 0.454 e. The molecule has 9 heteroatoms. The van der Waals surface area contributed by atoms with Gasteiger partial charge >= 0.3 is 5.97 Å². The maximum atomic E-state index is 12.3. The van der Waals surface area contributed by atoms with Crippen LogP contribution in [0, 0.1) is 0 Å². The van der Waals surface area contributed by atoms with E-state index in [0.717, 1.165) is 17.7 Å². The molecule has 1 N–H and O–H groups in total. The number of carbonyl (C=O) groups excluding carboxylic acids is 4. The topological polar surface area (TPSA) is 92.8 Å². The molecule has 0 atom stereocenters. The third kappa shape index (κ3) is 4.34. The van der Waals surface area contributed by atoms with Crippen molar-refractivity contribution >= 4 is 46.9 Å². The second-order valence-electron chi connectivity index (χ2n) is 5.75. The second kappa shape index (κ2) is 8.51. The van der Waals surface area contributed by atoms with E-state index in [2.05, 4.69) is 5.32 Å². The van der Waals surface area contributed by atoms with Gasteiger partial charge in [-0.3, -0.25) is 24.1 Å². The van der Waals surface area contributed by atoms with Crippen LogP contribution in [0.5, 0.6) is 0 Å². The van der Waals surface area contributed by atoms with Crippen molar-refractivity contribution in [1.29, 1.82) is 0 Å². The summed E-state index contributed by atoms with van der Waals surface area (Å²) in [5.41, 5.74) is 0.146. The van der Waals surface area contributed by atoms with E-state index < -0.39 is 36.8 Å². The summed E-state index contributed by atoms with van der Waals surface area (Å²) in [4.78, 5) is 48.9. The van der Waals surface area contributed by atoms with Crippen molar-refractivity contribution in [3.8, 4) is 0 Å². The lowest BCUT2D eigenvalue weighted by Gasteiger charge is -2.15. The van der Waals surface area contributed by atoms with Gasteiger partial charge in [-0.1, -0.05) is 37.0 Å². The first-order valence-corrected chi connectivity index (χ1v) is 8.84. The summed E-state index contributed by atoms with van der Waals surface area (Å²) in [6.07, 6.45) is 1.52. The highest BCUT2D eigenvalue weighted by molar-refractivity contribution is 6.43. The number of carbonyl (C=O) groups is 4. The zero-order valence-corrected chi connectivity index (χ0v) is 15.8. The third-order valence-electron chi connectivity index (χ3n) is 4.01. The van der Waals surface area contributed by atoms with Gasteiger partial charge in [-0.2, -0.15) is 0 Å². The van der Waals surface area contributed by atoms with Crippen LogP contribution in [0.3, 0.4) is 0 Å². The molecule has 0 saturated carbocycles. The van der Waals surface area contributed by atoms with Crippen molar-refractivity contribution in [1.82, 2.24) is 10.2 Å². The number of hydrogen-bond donors (Lipinski definition) is 1. The van der Waals surface area contributed by atoms with Crippen molar-refractivity contribution in [2.45, 2.75) is 32.7 Å². The Hall–Kier alpha value is -2.12. The Labute approximate surface area is 160 Å². The zero-order chi connectivity index (χ0) is 19.4. The Kier molecular flexibility index (Phi) is 6.61. The summed E-state index contributed by atoms with van der Waals surface area (Å²) in [5.74, 6) is -2.63. The van der Waals surface area contributed by atoms with E-state index in [4.69, 9.17) is 27.9 Å². The Bertz CT molecular complexity index is 721. The first-order chi connectivity index (χ1) is 12.3. The summed E-state index contributed by atoms with van der Waals surface area (Å²) < 4.78 is 4.85. The summed E-state index contributed by atoms with van der Waals surface area (Å²) >= 11 is 11.7. The van der Waals surface area contributed by atoms with Crippen LogP contribution in [0.25, 0.3) is 0 Å². The van der Waals surface area contributed by atoms with Crippen molar-refractivity contribution in [2.75, 3.05) is 13.2 Å². The average molecular weight is 401 g/mol. The Morgan fingerprint density at radius 1 is 1.08 bits per heavy atom. The van der Waals surface area contributed by atoms with Gasteiger partial charge in [-0.15, -0.1) is 0 Å². The van der Waals surface area contributed by atoms with Crippen LogP contribution in [0.2, 0.25) is 10.0 Å². The fourth-order valence-electron chi connectivity index (χ4n) is 2.51. The number of esters is 1. The minimum absolute atomic E-state index is 0.00642. The number of hydrogen-bond acceptors (Lipinski definition) is 5. The maximum absolute atomic E-state index is 12.3. The van der Waals surface area contributed by atoms with Gasteiger partial charge in [-0.05, 0) is 25.0 Å². The number of halogens is 2. The minimum Gasteiger partial charge on any atom is -0.454 e. The molecule has 1 aliphatic heterocycles. The summed E-state index contributed by atoms with van der Waals surface area (Å²) in [5, 5.41) is 2.98. The van der Waals surface area contributed by atoms with E-state index in [1.807, 2.05) is 13.8 Å². The van der Waals surface area contributed by atoms with Gasteiger partial charge in [0.2, 0.25) is 0 Å². The molecule has 3 amide bonds. The average Bonchev–Trinajstić information content (AvgIpc) is 2.83. The van der Waals surface area contributed by atoms with Crippen molar-refractivity contribution in [3.05, 3.63) is 33.3 Å². The van der Waals surface area contributed by atoms with Crippen LogP contribution < -0.4 is 5.32 Å². The van der Waals surface area contributed by atoms with Crippen LogP contribution in [-0.2, 0) is 14.3 Å². The highest BCUT2D eigenvalue weighted by atomic mass is 35.5. The number of benzene rings is 1. The zero-order valence-electron chi connectivity index (χ0n) is 14.3. The second-order valence-corrected chi connectivity index (χ2v) is 6.56. The quantitative estimate of drug-likeness (QED) is 0.560. The lowest BCUT2D eigenvalue weighted by atomic mass is 10.1. The molecule has 0 bridgehead atoms. The van der Waals surface area contributed by atoms with Gasteiger partial charge in [0.1, 0.15) is 6.54 Å². The van der Waals surface area contributed by atoms with Crippen LogP contribution >= 0.6 is 23.2 Å². The predicted molar refractivity (Wildman–Crippen MR) is 95.3 cm³/mol. The van der Waals surface area contributed by atoms with Crippen molar-refractivity contribution < 1.29 is 23.9 Å². The molecule has 0 aliphatic carbocycles. The molecule has 0 unspecified atom stereocenters. The molecule has 1 aromatic carbocycles. The van der Waals surface area contributed by atoms with E-state index in [1.165, 1.54) is 12.1 Å².